The Balaban J connectivity index is 1.89. The number of rotatable bonds is 6. The Hall–Kier alpha value is -2.34. The molecule has 2 aromatic rings. The van der Waals surface area contributed by atoms with Gasteiger partial charge in [0.25, 0.3) is 5.91 Å². The number of hydrogen-bond acceptors (Lipinski definition) is 3. The SMILES string of the molecule is CCN(CC)C(=O)c1ccc(NC(=O)NCc2cccs2)cc1. The van der Waals surface area contributed by atoms with Crippen LogP contribution in [0.15, 0.2) is 41.8 Å². The normalized spacial score (nSPS) is 10.2. The van der Waals surface area contributed by atoms with Crippen molar-refractivity contribution in [2.45, 2.75) is 20.4 Å². The van der Waals surface area contributed by atoms with Gasteiger partial charge in [0.1, 0.15) is 0 Å². The van der Waals surface area contributed by atoms with Crippen molar-refractivity contribution >= 4 is 29.0 Å². The van der Waals surface area contributed by atoms with Crippen molar-refractivity contribution in [1.82, 2.24) is 10.2 Å². The molecule has 1 aromatic heterocycles. The third-order valence-electron chi connectivity index (χ3n) is 3.44. The number of nitrogens with zero attached hydrogens (tertiary/aromatic N) is 1. The van der Waals surface area contributed by atoms with Crippen molar-refractivity contribution < 1.29 is 9.59 Å². The van der Waals surface area contributed by atoms with E-state index < -0.39 is 0 Å². The van der Waals surface area contributed by atoms with Crippen LogP contribution < -0.4 is 10.6 Å². The first-order chi connectivity index (χ1) is 11.1. The molecule has 1 aromatic carbocycles. The first kappa shape index (κ1) is 17.0. The van der Waals surface area contributed by atoms with Crippen LogP contribution in [-0.2, 0) is 6.54 Å². The second-order valence-electron chi connectivity index (χ2n) is 4.94. The van der Waals surface area contributed by atoms with Crippen LogP contribution in [0.4, 0.5) is 10.5 Å². The van der Waals surface area contributed by atoms with Crippen LogP contribution in [0.2, 0.25) is 0 Å². The van der Waals surface area contributed by atoms with Crippen molar-refractivity contribution in [2.24, 2.45) is 0 Å². The summed E-state index contributed by atoms with van der Waals surface area (Å²) in [5.74, 6) is 0.00342. The quantitative estimate of drug-likeness (QED) is 0.850. The van der Waals surface area contributed by atoms with Gasteiger partial charge in [0.15, 0.2) is 0 Å². The highest BCUT2D eigenvalue weighted by atomic mass is 32.1. The molecule has 2 rings (SSSR count). The zero-order valence-electron chi connectivity index (χ0n) is 13.3. The molecule has 0 atom stereocenters. The van der Waals surface area contributed by atoms with Gasteiger partial charge in [-0.3, -0.25) is 4.79 Å². The van der Waals surface area contributed by atoms with Crippen molar-refractivity contribution in [3.8, 4) is 0 Å². The molecule has 0 bridgehead atoms. The van der Waals surface area contributed by atoms with Crippen LogP contribution >= 0.6 is 11.3 Å². The topological polar surface area (TPSA) is 61.4 Å². The number of anilines is 1. The maximum Gasteiger partial charge on any atom is 0.319 e. The van der Waals surface area contributed by atoms with Gasteiger partial charge < -0.3 is 15.5 Å². The standard InChI is InChI=1S/C17H21N3O2S/c1-3-20(4-2)16(21)13-7-9-14(10-8-13)19-17(22)18-12-15-6-5-11-23-15/h5-11H,3-4,12H2,1-2H3,(H2,18,19,22). The first-order valence-electron chi connectivity index (χ1n) is 7.60. The third-order valence-corrected chi connectivity index (χ3v) is 4.32. The van der Waals surface area contributed by atoms with Gasteiger partial charge in [-0.1, -0.05) is 6.07 Å². The minimum Gasteiger partial charge on any atom is -0.339 e. The number of hydrogen-bond donors (Lipinski definition) is 2. The summed E-state index contributed by atoms with van der Waals surface area (Å²) in [6, 6.07) is 10.6. The van der Waals surface area contributed by atoms with Crippen LogP contribution in [0, 0.1) is 0 Å². The van der Waals surface area contributed by atoms with Crippen molar-refractivity contribution in [3.63, 3.8) is 0 Å². The van der Waals surface area contributed by atoms with Crippen molar-refractivity contribution in [2.75, 3.05) is 18.4 Å². The number of carbonyl (C=O) groups excluding carboxylic acids is 2. The number of urea groups is 1. The molecule has 122 valence electrons. The number of nitrogens with one attached hydrogen (secondary N) is 2. The maximum atomic E-state index is 12.2. The van der Waals surface area contributed by atoms with E-state index in [9.17, 15) is 9.59 Å². The van der Waals surface area contributed by atoms with Gasteiger partial charge in [0.05, 0.1) is 6.54 Å². The Morgan fingerprint density at radius 1 is 1.09 bits per heavy atom. The number of carbonyl (C=O) groups is 2. The van der Waals surface area contributed by atoms with E-state index in [2.05, 4.69) is 10.6 Å². The first-order valence-corrected chi connectivity index (χ1v) is 8.48. The van der Waals surface area contributed by atoms with Crippen LogP contribution in [0.25, 0.3) is 0 Å². The Kier molecular flexibility index (Phi) is 6.17. The van der Waals surface area contributed by atoms with E-state index in [0.717, 1.165) is 4.88 Å². The van der Waals surface area contributed by atoms with Gasteiger partial charge in [0, 0.05) is 29.2 Å². The molecule has 2 N–H and O–H groups in total. The minimum atomic E-state index is -0.263. The molecule has 0 aliphatic carbocycles. The molecule has 1 heterocycles. The summed E-state index contributed by atoms with van der Waals surface area (Å²) in [5.41, 5.74) is 1.28. The minimum absolute atomic E-state index is 0.00342. The molecule has 23 heavy (non-hydrogen) atoms. The fourth-order valence-corrected chi connectivity index (χ4v) is 2.79. The van der Waals surface area contributed by atoms with Crippen LogP contribution in [0.3, 0.4) is 0 Å². The van der Waals surface area contributed by atoms with Gasteiger partial charge >= 0.3 is 6.03 Å². The Labute approximate surface area is 140 Å². The van der Waals surface area contributed by atoms with Gasteiger partial charge in [-0.15, -0.1) is 11.3 Å². The molecule has 5 nitrogen and oxygen atoms in total. The predicted octanol–water partition coefficient (Wildman–Crippen LogP) is 3.55. The zero-order valence-corrected chi connectivity index (χ0v) is 14.2. The average molecular weight is 331 g/mol. The molecule has 0 spiro atoms. The lowest BCUT2D eigenvalue weighted by molar-refractivity contribution is 0.0773. The van der Waals surface area contributed by atoms with E-state index in [1.807, 2.05) is 31.4 Å². The molecule has 0 fully saturated rings. The molecule has 6 heteroatoms. The van der Waals surface area contributed by atoms with E-state index >= 15 is 0 Å². The van der Waals surface area contributed by atoms with Crippen molar-refractivity contribution in [1.29, 1.82) is 0 Å². The zero-order chi connectivity index (χ0) is 16.7. The van der Waals surface area contributed by atoms with E-state index in [-0.39, 0.29) is 11.9 Å². The summed E-state index contributed by atoms with van der Waals surface area (Å²) in [6.45, 7) is 5.77. The lowest BCUT2D eigenvalue weighted by Crippen LogP contribution is -2.30. The lowest BCUT2D eigenvalue weighted by atomic mass is 10.2. The Morgan fingerprint density at radius 2 is 1.78 bits per heavy atom. The largest absolute Gasteiger partial charge is 0.339 e. The fourth-order valence-electron chi connectivity index (χ4n) is 2.15. The summed E-state index contributed by atoms with van der Waals surface area (Å²) in [4.78, 5) is 26.9. The second kappa shape index (κ2) is 8.33. The van der Waals surface area contributed by atoms with E-state index in [4.69, 9.17) is 0 Å². The average Bonchev–Trinajstić information content (AvgIpc) is 3.08. The number of benzene rings is 1. The Morgan fingerprint density at radius 3 is 2.35 bits per heavy atom. The fraction of sp³-hybridized carbons (Fsp3) is 0.294. The highest BCUT2D eigenvalue weighted by Crippen LogP contribution is 2.12. The predicted molar refractivity (Wildman–Crippen MR) is 93.9 cm³/mol. The van der Waals surface area contributed by atoms with Crippen LogP contribution in [0.1, 0.15) is 29.1 Å². The van der Waals surface area contributed by atoms with E-state index in [1.54, 1.807) is 40.5 Å². The van der Waals surface area contributed by atoms with Crippen LogP contribution in [-0.4, -0.2) is 29.9 Å². The summed E-state index contributed by atoms with van der Waals surface area (Å²) in [6.07, 6.45) is 0. The molecule has 0 aliphatic rings. The van der Waals surface area contributed by atoms with Crippen LogP contribution in [0.5, 0.6) is 0 Å². The molecule has 0 saturated heterocycles. The maximum absolute atomic E-state index is 12.2. The van der Waals surface area contributed by atoms with Gasteiger partial charge in [-0.2, -0.15) is 0 Å². The molecular weight excluding hydrogens is 310 g/mol. The molecule has 0 saturated carbocycles. The summed E-state index contributed by atoms with van der Waals surface area (Å²) in [7, 11) is 0. The summed E-state index contributed by atoms with van der Waals surface area (Å²) < 4.78 is 0. The van der Waals surface area contributed by atoms with Gasteiger partial charge in [-0.05, 0) is 49.6 Å². The second-order valence-corrected chi connectivity index (χ2v) is 5.97. The Bertz CT molecular complexity index is 634. The van der Waals surface area contributed by atoms with E-state index in [1.165, 1.54) is 0 Å². The molecule has 0 unspecified atom stereocenters. The lowest BCUT2D eigenvalue weighted by Gasteiger charge is -2.18. The third kappa shape index (κ3) is 4.82. The smallest absolute Gasteiger partial charge is 0.319 e. The van der Waals surface area contributed by atoms with E-state index in [0.29, 0.717) is 30.9 Å². The molecule has 0 radical (unpaired) electrons. The van der Waals surface area contributed by atoms with Crippen molar-refractivity contribution in [3.05, 3.63) is 52.2 Å². The number of thiophene rings is 1. The summed E-state index contributed by atoms with van der Waals surface area (Å²) >= 11 is 1.60. The monoisotopic (exact) mass is 331 g/mol. The van der Waals surface area contributed by atoms with Gasteiger partial charge in [0.2, 0.25) is 0 Å². The van der Waals surface area contributed by atoms with Gasteiger partial charge in [-0.25, -0.2) is 4.79 Å². The molecular formula is C17H21N3O2S. The molecule has 3 amide bonds. The highest BCUT2D eigenvalue weighted by molar-refractivity contribution is 7.09. The highest BCUT2D eigenvalue weighted by Gasteiger charge is 2.12. The number of amides is 3. The molecule has 0 aliphatic heterocycles. The summed E-state index contributed by atoms with van der Waals surface area (Å²) in [5, 5.41) is 7.52.